The van der Waals surface area contributed by atoms with Crippen molar-refractivity contribution >= 4 is 14.6 Å². The van der Waals surface area contributed by atoms with E-state index in [4.69, 9.17) is 18.6 Å². The molecule has 152 valence electrons. The fourth-order valence-electron chi connectivity index (χ4n) is 2.73. The highest BCUT2D eigenvalue weighted by Gasteiger charge is 2.47. The van der Waals surface area contributed by atoms with E-state index in [2.05, 4.69) is 33.9 Å². The molecule has 1 saturated heterocycles. The molecule has 6 heteroatoms. The van der Waals surface area contributed by atoms with Gasteiger partial charge in [-0.2, -0.15) is 0 Å². The number of hydrogen-bond donors (Lipinski definition) is 0. The molecule has 0 N–H and O–H groups in total. The maximum Gasteiger partial charge on any atom is 0.192 e. The van der Waals surface area contributed by atoms with Crippen LogP contribution in [0.15, 0.2) is 30.3 Å². The topological polar surface area (TPSA) is 54.0 Å². The maximum absolute atomic E-state index is 11.9. The Hall–Kier alpha value is -1.05. The van der Waals surface area contributed by atoms with Crippen LogP contribution in [0.2, 0.25) is 18.1 Å². The van der Waals surface area contributed by atoms with Gasteiger partial charge in [-0.25, -0.2) is 0 Å². The summed E-state index contributed by atoms with van der Waals surface area (Å²) in [7, 11) is -2.14. The molecular formula is C21H34O5Si. The second kappa shape index (κ2) is 8.53. The van der Waals surface area contributed by atoms with Crippen LogP contribution in [-0.2, 0) is 30.0 Å². The van der Waals surface area contributed by atoms with Gasteiger partial charge < -0.3 is 23.4 Å². The van der Waals surface area contributed by atoms with E-state index < -0.39 is 26.3 Å². The molecule has 5 nitrogen and oxygen atoms in total. The van der Waals surface area contributed by atoms with Crippen LogP contribution in [0.5, 0.6) is 0 Å². The lowest BCUT2D eigenvalue weighted by Gasteiger charge is -2.41. The molecule has 0 bridgehead atoms. The van der Waals surface area contributed by atoms with Crippen molar-refractivity contribution < 1.29 is 23.4 Å². The van der Waals surface area contributed by atoms with Crippen LogP contribution in [0.4, 0.5) is 0 Å². The lowest BCUT2D eigenvalue weighted by atomic mass is 10.1. The van der Waals surface area contributed by atoms with Gasteiger partial charge in [-0.15, -0.1) is 0 Å². The molecule has 3 atom stereocenters. The molecule has 2 rings (SSSR count). The Morgan fingerprint density at radius 2 is 1.89 bits per heavy atom. The van der Waals surface area contributed by atoms with Crippen molar-refractivity contribution in [2.75, 3.05) is 6.61 Å². The molecular weight excluding hydrogens is 360 g/mol. The summed E-state index contributed by atoms with van der Waals surface area (Å²) in [5.74, 6) is -0.688. The molecule has 0 amide bonds. The average molecular weight is 395 g/mol. The summed E-state index contributed by atoms with van der Waals surface area (Å²) in [6.07, 6.45) is -0.745. The van der Waals surface area contributed by atoms with Gasteiger partial charge in [0.1, 0.15) is 18.3 Å². The van der Waals surface area contributed by atoms with Gasteiger partial charge in [0.05, 0.1) is 13.2 Å². The fourth-order valence-corrected chi connectivity index (χ4v) is 4.05. The van der Waals surface area contributed by atoms with Crippen molar-refractivity contribution in [1.29, 1.82) is 0 Å². The Kier molecular flexibility index (Phi) is 7.03. The zero-order valence-corrected chi connectivity index (χ0v) is 18.7. The Morgan fingerprint density at radius 3 is 2.37 bits per heavy atom. The summed E-state index contributed by atoms with van der Waals surface area (Å²) < 4.78 is 24.3. The predicted octanol–water partition coefficient (Wildman–Crippen LogP) is 4.31. The summed E-state index contributed by atoms with van der Waals surface area (Å²) in [4.78, 5) is 11.9. The van der Waals surface area contributed by atoms with Gasteiger partial charge >= 0.3 is 0 Å². The Bertz CT molecular complexity index is 609. The van der Waals surface area contributed by atoms with Gasteiger partial charge in [-0.1, -0.05) is 51.1 Å². The van der Waals surface area contributed by atoms with Crippen LogP contribution < -0.4 is 0 Å². The Labute approximate surface area is 164 Å². The molecule has 1 aromatic rings. The molecule has 0 spiro atoms. The first-order chi connectivity index (χ1) is 12.5. The van der Waals surface area contributed by atoms with Gasteiger partial charge in [0.15, 0.2) is 20.4 Å². The third-order valence-electron chi connectivity index (χ3n) is 5.38. The van der Waals surface area contributed by atoms with Crippen LogP contribution in [0.1, 0.15) is 40.2 Å². The van der Waals surface area contributed by atoms with E-state index >= 15 is 0 Å². The number of hydrogen-bond acceptors (Lipinski definition) is 5. The van der Waals surface area contributed by atoms with Crippen molar-refractivity contribution in [3.05, 3.63) is 35.9 Å². The van der Waals surface area contributed by atoms with Crippen molar-refractivity contribution in [1.82, 2.24) is 0 Å². The van der Waals surface area contributed by atoms with E-state index in [1.54, 1.807) is 0 Å². The first kappa shape index (κ1) is 22.2. The Balaban J connectivity index is 2.19. The van der Waals surface area contributed by atoms with Crippen molar-refractivity contribution in [3.8, 4) is 0 Å². The summed E-state index contributed by atoms with van der Waals surface area (Å²) in [6, 6.07) is 9.81. The predicted molar refractivity (Wildman–Crippen MR) is 108 cm³/mol. The zero-order chi connectivity index (χ0) is 20.3. The maximum atomic E-state index is 11.9. The van der Waals surface area contributed by atoms with E-state index in [-0.39, 0.29) is 11.1 Å². The molecule has 1 aliphatic rings. The first-order valence-corrected chi connectivity index (χ1v) is 12.5. The van der Waals surface area contributed by atoms with Crippen LogP contribution in [0.25, 0.3) is 0 Å². The van der Waals surface area contributed by atoms with Gasteiger partial charge in [-0.05, 0) is 37.5 Å². The smallest absolute Gasteiger partial charge is 0.192 e. The van der Waals surface area contributed by atoms with Crippen molar-refractivity contribution in [2.45, 2.75) is 83.5 Å². The van der Waals surface area contributed by atoms with Crippen molar-refractivity contribution in [2.24, 2.45) is 0 Å². The molecule has 0 saturated carbocycles. The number of aldehydes is 1. The van der Waals surface area contributed by atoms with Crippen LogP contribution in [0, 0.1) is 0 Å². The van der Waals surface area contributed by atoms with Crippen LogP contribution in [0.3, 0.4) is 0 Å². The molecule has 0 unspecified atom stereocenters. The molecule has 0 radical (unpaired) electrons. The van der Waals surface area contributed by atoms with Crippen LogP contribution >= 0.6 is 0 Å². The minimum atomic E-state index is -2.14. The van der Waals surface area contributed by atoms with Crippen molar-refractivity contribution in [3.63, 3.8) is 0 Å². The summed E-state index contributed by atoms with van der Waals surface area (Å²) in [6.45, 7) is 15.3. The molecule has 1 aromatic carbocycles. The fraction of sp³-hybridized carbons (Fsp3) is 0.667. The SMILES string of the molecule is CC1(C)OC[C@H]([C@@H](O[Si](C)(C)C(C)(C)C)[C@H](C=O)OCc2ccccc2)O1. The second-order valence-corrected chi connectivity index (χ2v) is 13.9. The second-order valence-electron chi connectivity index (χ2n) is 9.11. The molecule has 0 aliphatic carbocycles. The minimum Gasteiger partial charge on any atom is -0.408 e. The Morgan fingerprint density at radius 1 is 1.26 bits per heavy atom. The lowest BCUT2D eigenvalue weighted by molar-refractivity contribution is -0.165. The monoisotopic (exact) mass is 394 g/mol. The van der Waals surface area contributed by atoms with E-state index in [0.29, 0.717) is 13.2 Å². The highest BCUT2D eigenvalue weighted by molar-refractivity contribution is 6.74. The zero-order valence-electron chi connectivity index (χ0n) is 17.7. The largest absolute Gasteiger partial charge is 0.408 e. The van der Waals surface area contributed by atoms with E-state index in [0.717, 1.165) is 11.8 Å². The number of carbonyl (C=O) groups excluding carboxylic acids is 1. The quantitative estimate of drug-likeness (QED) is 0.486. The standard InChI is InChI=1S/C21H34O5Si/c1-20(2,3)27(6,7)26-19(18-15-24-21(4,5)25-18)17(13-22)23-14-16-11-9-8-10-12-16/h8-13,17-19H,14-15H2,1-7H3/t17-,18+,19-/m0/s1. The lowest BCUT2D eigenvalue weighted by Crippen LogP contribution is -2.53. The van der Waals surface area contributed by atoms with Gasteiger partial charge in [-0.3, -0.25) is 0 Å². The third-order valence-corrected chi connectivity index (χ3v) is 9.85. The highest BCUT2D eigenvalue weighted by Crippen LogP contribution is 2.39. The van der Waals surface area contributed by atoms with Gasteiger partial charge in [0.2, 0.25) is 0 Å². The summed E-state index contributed by atoms with van der Waals surface area (Å²) in [5, 5.41) is 0.00704. The molecule has 1 aliphatic heterocycles. The van der Waals surface area contributed by atoms with Crippen LogP contribution in [-0.4, -0.2) is 45.3 Å². The number of benzene rings is 1. The number of carbonyl (C=O) groups is 1. The van der Waals surface area contributed by atoms with Gasteiger partial charge in [0, 0.05) is 0 Å². The average Bonchev–Trinajstić information content (AvgIpc) is 2.94. The van der Waals surface area contributed by atoms with Gasteiger partial charge in [0.25, 0.3) is 0 Å². The molecule has 1 heterocycles. The molecule has 27 heavy (non-hydrogen) atoms. The van der Waals surface area contributed by atoms with E-state index in [1.807, 2.05) is 44.2 Å². The third kappa shape index (κ3) is 5.96. The minimum absolute atomic E-state index is 0.00704. The number of rotatable bonds is 8. The summed E-state index contributed by atoms with van der Waals surface area (Å²) in [5.41, 5.74) is 1.01. The first-order valence-electron chi connectivity index (χ1n) is 9.56. The van der Waals surface area contributed by atoms with E-state index in [9.17, 15) is 4.79 Å². The number of ether oxygens (including phenoxy) is 3. The highest BCUT2D eigenvalue weighted by atomic mass is 28.4. The molecule has 0 aromatic heterocycles. The molecule has 1 fully saturated rings. The normalized spacial score (nSPS) is 22.4. The van der Waals surface area contributed by atoms with E-state index in [1.165, 1.54) is 0 Å². The summed E-state index contributed by atoms with van der Waals surface area (Å²) >= 11 is 0.